The lowest BCUT2D eigenvalue weighted by Crippen LogP contribution is -2.46. The van der Waals surface area contributed by atoms with Crippen LogP contribution < -0.4 is 5.32 Å². The van der Waals surface area contributed by atoms with E-state index in [1.807, 2.05) is 24.3 Å². The number of nitriles is 1. The summed E-state index contributed by atoms with van der Waals surface area (Å²) in [5, 5.41) is 23.8. The van der Waals surface area contributed by atoms with Crippen molar-refractivity contribution < 1.29 is 4.79 Å². The number of hydrogen-bond donors (Lipinski definition) is 1. The summed E-state index contributed by atoms with van der Waals surface area (Å²) < 4.78 is 1.78. The molecule has 1 aliphatic heterocycles. The van der Waals surface area contributed by atoms with E-state index in [9.17, 15) is 4.79 Å². The number of likely N-dealkylation sites (tertiary alicyclic amines) is 1. The van der Waals surface area contributed by atoms with Gasteiger partial charge in [-0.3, -0.25) is 9.69 Å². The third-order valence-corrected chi connectivity index (χ3v) is 6.78. The first kappa shape index (κ1) is 21.4. The van der Waals surface area contributed by atoms with Gasteiger partial charge in [0.15, 0.2) is 0 Å². The van der Waals surface area contributed by atoms with E-state index in [4.69, 9.17) is 5.26 Å². The number of carbonyl (C=O) groups is 1. The standard InChI is InChI=1S/C23H31N7O/c24-15-19-4-6-20(7-5-19)16-29-12-8-21(9-13-29)26-22(31)14-23(10-2-1-3-11-23)17-30-18-25-27-28-30/h4-7,18,21H,1-3,8-14,16-17H2,(H,26,31). The van der Waals surface area contributed by atoms with Crippen LogP contribution in [0.25, 0.3) is 0 Å². The first-order valence-corrected chi connectivity index (χ1v) is 11.4. The van der Waals surface area contributed by atoms with Crippen LogP contribution in [0.3, 0.4) is 0 Å². The monoisotopic (exact) mass is 421 g/mol. The zero-order chi connectivity index (χ0) is 21.5. The quantitative estimate of drug-likeness (QED) is 0.738. The molecule has 1 saturated heterocycles. The third kappa shape index (κ3) is 5.88. The van der Waals surface area contributed by atoms with Crippen molar-refractivity contribution in [1.82, 2.24) is 30.4 Å². The van der Waals surface area contributed by atoms with Gasteiger partial charge in [-0.25, -0.2) is 4.68 Å². The van der Waals surface area contributed by atoms with Gasteiger partial charge in [-0.1, -0.05) is 31.4 Å². The van der Waals surface area contributed by atoms with Crippen LogP contribution >= 0.6 is 0 Å². The van der Waals surface area contributed by atoms with Crippen molar-refractivity contribution in [2.24, 2.45) is 5.41 Å². The zero-order valence-electron chi connectivity index (χ0n) is 18.0. The Morgan fingerprint density at radius 2 is 1.90 bits per heavy atom. The topological polar surface area (TPSA) is 99.7 Å². The van der Waals surface area contributed by atoms with E-state index in [1.165, 1.54) is 24.8 Å². The van der Waals surface area contributed by atoms with Gasteiger partial charge in [0.2, 0.25) is 5.91 Å². The summed E-state index contributed by atoms with van der Waals surface area (Å²) in [5.41, 5.74) is 1.89. The number of hydrogen-bond acceptors (Lipinski definition) is 6. The summed E-state index contributed by atoms with van der Waals surface area (Å²) in [6.45, 7) is 3.55. The van der Waals surface area contributed by atoms with Crippen LogP contribution in [-0.2, 0) is 17.9 Å². The SMILES string of the molecule is N#Cc1ccc(CN2CCC(NC(=O)CC3(Cn4cnnn4)CCCCC3)CC2)cc1. The molecule has 0 bridgehead atoms. The maximum Gasteiger partial charge on any atom is 0.220 e. The number of amides is 1. The van der Waals surface area contributed by atoms with E-state index in [0.29, 0.717) is 12.0 Å². The molecule has 1 aromatic heterocycles. The summed E-state index contributed by atoms with van der Waals surface area (Å²) in [7, 11) is 0. The first-order chi connectivity index (χ1) is 15.1. The van der Waals surface area contributed by atoms with Crippen LogP contribution in [0, 0.1) is 16.7 Å². The Morgan fingerprint density at radius 3 is 2.55 bits per heavy atom. The average Bonchev–Trinajstić information content (AvgIpc) is 3.29. The molecule has 2 fully saturated rings. The molecule has 8 nitrogen and oxygen atoms in total. The van der Waals surface area contributed by atoms with Gasteiger partial charge in [0, 0.05) is 32.1 Å². The molecule has 2 aliphatic rings. The van der Waals surface area contributed by atoms with Crippen LogP contribution in [0.1, 0.15) is 62.5 Å². The molecule has 0 radical (unpaired) electrons. The van der Waals surface area contributed by atoms with Gasteiger partial charge in [-0.15, -0.1) is 5.10 Å². The summed E-state index contributed by atoms with van der Waals surface area (Å²) >= 11 is 0. The number of piperidine rings is 1. The molecular weight excluding hydrogens is 390 g/mol. The van der Waals surface area contributed by atoms with E-state index in [0.717, 1.165) is 51.9 Å². The second-order valence-corrected chi connectivity index (χ2v) is 9.17. The minimum atomic E-state index is -0.0337. The fourth-order valence-electron chi connectivity index (χ4n) is 5.09. The number of aromatic nitrogens is 4. The molecule has 1 amide bonds. The lowest BCUT2D eigenvalue weighted by molar-refractivity contribution is -0.125. The average molecular weight is 422 g/mol. The van der Waals surface area contributed by atoms with Crippen molar-refractivity contribution >= 4 is 5.91 Å². The minimum Gasteiger partial charge on any atom is -0.353 e. The lowest BCUT2D eigenvalue weighted by Gasteiger charge is -2.37. The predicted molar refractivity (Wildman–Crippen MR) is 116 cm³/mol. The maximum atomic E-state index is 12.9. The van der Waals surface area contributed by atoms with E-state index in [2.05, 4.69) is 31.8 Å². The van der Waals surface area contributed by atoms with Crippen LogP contribution in [0.15, 0.2) is 30.6 Å². The fourth-order valence-corrected chi connectivity index (χ4v) is 5.09. The van der Waals surface area contributed by atoms with Crippen molar-refractivity contribution in [1.29, 1.82) is 5.26 Å². The Bertz CT molecular complexity index is 874. The highest BCUT2D eigenvalue weighted by Crippen LogP contribution is 2.40. The van der Waals surface area contributed by atoms with E-state index >= 15 is 0 Å². The van der Waals surface area contributed by atoms with Crippen LogP contribution in [-0.4, -0.2) is 50.1 Å². The van der Waals surface area contributed by atoms with Gasteiger partial charge in [0.1, 0.15) is 6.33 Å². The van der Waals surface area contributed by atoms with Crippen molar-refractivity contribution in [2.75, 3.05) is 13.1 Å². The van der Waals surface area contributed by atoms with Gasteiger partial charge in [0.05, 0.1) is 18.2 Å². The molecule has 1 saturated carbocycles. The number of nitrogens with one attached hydrogen (secondary N) is 1. The molecule has 0 atom stereocenters. The fraction of sp³-hybridized carbons (Fsp3) is 0.609. The molecule has 2 heterocycles. The summed E-state index contributed by atoms with van der Waals surface area (Å²) in [6.07, 6.45) is 9.86. The Kier molecular flexibility index (Phi) is 6.92. The summed E-state index contributed by atoms with van der Waals surface area (Å²) in [4.78, 5) is 15.4. The third-order valence-electron chi connectivity index (χ3n) is 6.78. The van der Waals surface area contributed by atoms with Crippen LogP contribution in [0.2, 0.25) is 0 Å². The van der Waals surface area contributed by atoms with Crippen molar-refractivity contribution in [3.63, 3.8) is 0 Å². The number of carbonyl (C=O) groups excluding carboxylic acids is 1. The summed E-state index contributed by atoms with van der Waals surface area (Å²) in [5.74, 6) is 0.167. The zero-order valence-corrected chi connectivity index (χ0v) is 18.0. The number of benzene rings is 1. The molecule has 164 valence electrons. The molecule has 1 aromatic carbocycles. The minimum absolute atomic E-state index is 0.0337. The molecule has 4 rings (SSSR count). The van der Waals surface area contributed by atoms with E-state index in [1.54, 1.807) is 11.0 Å². The second-order valence-electron chi connectivity index (χ2n) is 9.17. The molecule has 2 aromatic rings. The Hall–Kier alpha value is -2.79. The molecular formula is C23H31N7O. The highest BCUT2D eigenvalue weighted by molar-refractivity contribution is 5.77. The smallest absolute Gasteiger partial charge is 0.220 e. The normalized spacial score (nSPS) is 19.6. The number of nitrogens with zero attached hydrogens (tertiary/aromatic N) is 6. The van der Waals surface area contributed by atoms with E-state index in [-0.39, 0.29) is 17.4 Å². The first-order valence-electron chi connectivity index (χ1n) is 11.4. The molecule has 1 N–H and O–H groups in total. The molecule has 0 unspecified atom stereocenters. The van der Waals surface area contributed by atoms with Gasteiger partial charge in [0.25, 0.3) is 0 Å². The van der Waals surface area contributed by atoms with Crippen molar-refractivity contribution in [3.05, 3.63) is 41.7 Å². The molecule has 0 spiro atoms. The lowest BCUT2D eigenvalue weighted by atomic mass is 9.71. The van der Waals surface area contributed by atoms with Gasteiger partial charge < -0.3 is 5.32 Å². The Morgan fingerprint density at radius 1 is 1.16 bits per heavy atom. The Labute approximate surface area is 183 Å². The Balaban J connectivity index is 1.25. The summed E-state index contributed by atoms with van der Waals surface area (Å²) in [6, 6.07) is 10.2. The molecule has 31 heavy (non-hydrogen) atoms. The second kappa shape index (κ2) is 10.0. The van der Waals surface area contributed by atoms with E-state index < -0.39 is 0 Å². The van der Waals surface area contributed by atoms with Crippen molar-refractivity contribution in [2.45, 2.75) is 70.5 Å². The highest BCUT2D eigenvalue weighted by atomic mass is 16.1. The van der Waals surface area contributed by atoms with Gasteiger partial charge in [-0.05, 0) is 59.2 Å². The van der Waals surface area contributed by atoms with Gasteiger partial charge >= 0.3 is 0 Å². The molecule has 1 aliphatic carbocycles. The molecule has 8 heteroatoms. The van der Waals surface area contributed by atoms with Gasteiger partial charge in [-0.2, -0.15) is 5.26 Å². The number of rotatable bonds is 7. The van der Waals surface area contributed by atoms with Crippen molar-refractivity contribution in [3.8, 4) is 6.07 Å². The number of tetrazole rings is 1. The maximum absolute atomic E-state index is 12.9. The van der Waals surface area contributed by atoms with Crippen LogP contribution in [0.4, 0.5) is 0 Å². The van der Waals surface area contributed by atoms with Crippen LogP contribution in [0.5, 0.6) is 0 Å². The predicted octanol–water partition coefficient (Wildman–Crippen LogP) is 2.67. The highest BCUT2D eigenvalue weighted by Gasteiger charge is 2.36. The largest absolute Gasteiger partial charge is 0.353 e.